The average molecular weight is 303 g/mol. The zero-order chi connectivity index (χ0) is 16.1. The molecular formula is C17H37NO3. The highest BCUT2D eigenvalue weighted by Gasteiger charge is 2.39. The van der Waals surface area contributed by atoms with E-state index in [1.54, 1.807) is 21.3 Å². The van der Waals surface area contributed by atoms with E-state index in [0.717, 1.165) is 25.8 Å². The number of unbranched alkanes of at least 4 members (excludes halogenated alkanes) is 4. The molecule has 0 aromatic heterocycles. The first kappa shape index (κ1) is 20.8. The van der Waals surface area contributed by atoms with Gasteiger partial charge in [0.1, 0.15) is 0 Å². The number of methoxy groups -OCH3 is 3. The predicted octanol–water partition coefficient (Wildman–Crippen LogP) is 3.90. The van der Waals surface area contributed by atoms with Gasteiger partial charge in [-0.1, -0.05) is 39.0 Å². The van der Waals surface area contributed by atoms with Crippen LogP contribution in [-0.2, 0) is 14.2 Å². The Morgan fingerprint density at radius 1 is 0.810 bits per heavy atom. The Bertz CT molecular complexity index is 222. The monoisotopic (exact) mass is 303 g/mol. The van der Waals surface area contributed by atoms with Crippen molar-refractivity contribution in [2.24, 2.45) is 5.92 Å². The van der Waals surface area contributed by atoms with E-state index in [9.17, 15) is 0 Å². The molecule has 0 aliphatic heterocycles. The van der Waals surface area contributed by atoms with E-state index in [4.69, 9.17) is 14.2 Å². The molecule has 0 aliphatic carbocycles. The fraction of sp³-hybridized carbons (Fsp3) is 1.00. The van der Waals surface area contributed by atoms with Crippen LogP contribution < -0.4 is 0 Å². The largest absolute Gasteiger partial charge is 0.331 e. The lowest BCUT2D eigenvalue weighted by molar-refractivity contribution is -0.380. The zero-order valence-corrected chi connectivity index (χ0v) is 15.1. The van der Waals surface area contributed by atoms with Crippen LogP contribution >= 0.6 is 0 Å². The van der Waals surface area contributed by atoms with E-state index < -0.39 is 5.97 Å². The number of rotatable bonds is 14. The van der Waals surface area contributed by atoms with Gasteiger partial charge >= 0.3 is 0 Å². The highest BCUT2D eigenvalue weighted by atomic mass is 16.9. The first-order valence-corrected chi connectivity index (χ1v) is 8.36. The lowest BCUT2D eigenvalue weighted by Crippen LogP contribution is -2.44. The molecule has 0 heterocycles. The van der Waals surface area contributed by atoms with Crippen molar-refractivity contribution in [2.75, 3.05) is 42.0 Å². The van der Waals surface area contributed by atoms with Crippen molar-refractivity contribution in [1.29, 1.82) is 0 Å². The molecule has 0 aromatic carbocycles. The third-order valence-corrected chi connectivity index (χ3v) is 4.17. The van der Waals surface area contributed by atoms with E-state index in [-0.39, 0.29) is 5.92 Å². The summed E-state index contributed by atoms with van der Waals surface area (Å²) in [6.07, 6.45) is 9.70. The maximum Gasteiger partial charge on any atom is 0.285 e. The molecule has 0 fully saturated rings. The number of nitrogens with zero attached hydrogens (tertiary/aromatic N) is 1. The topological polar surface area (TPSA) is 30.9 Å². The second-order valence-electron chi connectivity index (χ2n) is 6.06. The Morgan fingerprint density at radius 3 is 1.81 bits per heavy atom. The predicted molar refractivity (Wildman–Crippen MR) is 88.4 cm³/mol. The van der Waals surface area contributed by atoms with Gasteiger partial charge in [-0.25, -0.2) is 0 Å². The maximum atomic E-state index is 5.58. The standard InChI is InChI=1S/C17H37NO3/c1-7-8-9-10-11-13-16(14-12-15-18(2)3)17(19-4,20-5)21-6/h16H,7-15H2,1-6H3. The van der Waals surface area contributed by atoms with Gasteiger partial charge in [0.05, 0.1) is 0 Å². The molecule has 128 valence electrons. The minimum Gasteiger partial charge on any atom is -0.331 e. The van der Waals surface area contributed by atoms with Crippen molar-refractivity contribution in [3.05, 3.63) is 0 Å². The summed E-state index contributed by atoms with van der Waals surface area (Å²) >= 11 is 0. The molecule has 0 bridgehead atoms. The normalized spacial score (nSPS) is 13.9. The van der Waals surface area contributed by atoms with Crippen molar-refractivity contribution in [3.63, 3.8) is 0 Å². The summed E-state index contributed by atoms with van der Waals surface area (Å²) in [5, 5.41) is 0. The van der Waals surface area contributed by atoms with Crippen molar-refractivity contribution in [2.45, 2.75) is 64.3 Å². The summed E-state index contributed by atoms with van der Waals surface area (Å²) in [6, 6.07) is 0. The van der Waals surface area contributed by atoms with Crippen LogP contribution in [-0.4, -0.2) is 52.8 Å². The van der Waals surface area contributed by atoms with Crippen LogP contribution in [0.15, 0.2) is 0 Å². The Morgan fingerprint density at radius 2 is 1.33 bits per heavy atom. The summed E-state index contributed by atoms with van der Waals surface area (Å²) < 4.78 is 16.7. The van der Waals surface area contributed by atoms with Gasteiger partial charge in [0.15, 0.2) is 0 Å². The summed E-state index contributed by atoms with van der Waals surface area (Å²) in [6.45, 7) is 3.33. The van der Waals surface area contributed by atoms with Crippen molar-refractivity contribution in [1.82, 2.24) is 4.90 Å². The highest BCUT2D eigenvalue weighted by molar-refractivity contribution is 4.72. The molecule has 1 atom stereocenters. The van der Waals surface area contributed by atoms with Crippen LogP contribution in [0.25, 0.3) is 0 Å². The average Bonchev–Trinajstić information content (AvgIpc) is 2.48. The lowest BCUT2D eigenvalue weighted by Gasteiger charge is -2.36. The molecular weight excluding hydrogens is 266 g/mol. The molecule has 0 N–H and O–H groups in total. The molecule has 0 rings (SSSR count). The summed E-state index contributed by atoms with van der Waals surface area (Å²) in [4.78, 5) is 2.21. The zero-order valence-electron chi connectivity index (χ0n) is 15.1. The quantitative estimate of drug-likeness (QED) is 0.360. The van der Waals surface area contributed by atoms with Crippen LogP contribution in [0.3, 0.4) is 0 Å². The molecule has 4 nitrogen and oxygen atoms in total. The van der Waals surface area contributed by atoms with Crippen LogP contribution in [0, 0.1) is 5.92 Å². The number of hydrogen-bond acceptors (Lipinski definition) is 4. The van der Waals surface area contributed by atoms with Gasteiger partial charge in [-0.3, -0.25) is 0 Å². The summed E-state index contributed by atoms with van der Waals surface area (Å²) in [5.74, 6) is -0.615. The third-order valence-electron chi connectivity index (χ3n) is 4.17. The van der Waals surface area contributed by atoms with Crippen molar-refractivity contribution in [3.8, 4) is 0 Å². The second-order valence-corrected chi connectivity index (χ2v) is 6.06. The van der Waals surface area contributed by atoms with Gasteiger partial charge in [-0.05, 0) is 39.9 Å². The van der Waals surface area contributed by atoms with Crippen molar-refractivity contribution < 1.29 is 14.2 Å². The van der Waals surface area contributed by atoms with Crippen LogP contribution in [0.2, 0.25) is 0 Å². The lowest BCUT2D eigenvalue weighted by atomic mass is 9.93. The smallest absolute Gasteiger partial charge is 0.285 e. The number of ether oxygens (including phenoxy) is 3. The second kappa shape index (κ2) is 12.4. The number of hydrogen-bond donors (Lipinski definition) is 0. The third kappa shape index (κ3) is 8.15. The van der Waals surface area contributed by atoms with Gasteiger partial charge in [0, 0.05) is 27.2 Å². The first-order chi connectivity index (χ1) is 10.1. The van der Waals surface area contributed by atoms with Crippen LogP contribution in [0.4, 0.5) is 0 Å². The van der Waals surface area contributed by atoms with Gasteiger partial charge in [0.25, 0.3) is 5.97 Å². The molecule has 0 amide bonds. The van der Waals surface area contributed by atoms with E-state index >= 15 is 0 Å². The molecule has 0 aliphatic rings. The molecule has 0 spiro atoms. The van der Waals surface area contributed by atoms with Gasteiger partial charge in [-0.15, -0.1) is 0 Å². The highest BCUT2D eigenvalue weighted by Crippen LogP contribution is 2.32. The summed E-state index contributed by atoms with van der Waals surface area (Å²) in [7, 11) is 9.22. The fourth-order valence-corrected chi connectivity index (χ4v) is 2.90. The molecule has 0 saturated heterocycles. The minimum absolute atomic E-state index is 0.277. The van der Waals surface area contributed by atoms with Crippen molar-refractivity contribution >= 4 is 0 Å². The SMILES string of the molecule is CCCCCCCC(CCCN(C)C)C(OC)(OC)OC. The maximum absolute atomic E-state index is 5.58. The van der Waals surface area contributed by atoms with E-state index in [1.807, 2.05) is 0 Å². The molecule has 21 heavy (non-hydrogen) atoms. The molecule has 4 heteroatoms. The Kier molecular flexibility index (Phi) is 12.3. The molecule has 0 aromatic rings. The van der Waals surface area contributed by atoms with Crippen LogP contribution in [0.1, 0.15) is 58.3 Å². The van der Waals surface area contributed by atoms with Gasteiger partial charge in [-0.2, -0.15) is 0 Å². The Balaban J connectivity index is 4.44. The Labute approximate surface area is 132 Å². The van der Waals surface area contributed by atoms with E-state index in [2.05, 4.69) is 25.9 Å². The summed E-state index contributed by atoms with van der Waals surface area (Å²) in [5.41, 5.74) is 0. The first-order valence-electron chi connectivity index (χ1n) is 8.36. The fourth-order valence-electron chi connectivity index (χ4n) is 2.90. The molecule has 0 radical (unpaired) electrons. The molecule has 1 unspecified atom stereocenters. The van der Waals surface area contributed by atoms with Gasteiger partial charge in [0.2, 0.25) is 0 Å². The van der Waals surface area contributed by atoms with E-state index in [1.165, 1.54) is 32.1 Å². The van der Waals surface area contributed by atoms with E-state index in [0.29, 0.717) is 0 Å². The molecule has 0 saturated carbocycles. The van der Waals surface area contributed by atoms with Crippen LogP contribution in [0.5, 0.6) is 0 Å². The Hall–Kier alpha value is -0.160. The minimum atomic E-state index is -0.892. The van der Waals surface area contributed by atoms with Gasteiger partial charge < -0.3 is 19.1 Å².